The van der Waals surface area contributed by atoms with Gasteiger partial charge in [-0.2, -0.15) is 0 Å². The van der Waals surface area contributed by atoms with Crippen LogP contribution in [0.25, 0.3) is 78.4 Å². The summed E-state index contributed by atoms with van der Waals surface area (Å²) in [7, 11) is 0. The molecule has 218 valence electrons. The zero-order chi connectivity index (χ0) is 35.2. The molecule has 0 unspecified atom stereocenters. The molecule has 0 saturated heterocycles. The van der Waals surface area contributed by atoms with Gasteiger partial charge in [-0.3, -0.25) is 0 Å². The Morgan fingerprint density at radius 1 is 0.522 bits per heavy atom. The summed E-state index contributed by atoms with van der Waals surface area (Å²) in [6, 6.07) is 34.3. The Labute approximate surface area is 274 Å². The molecule has 46 heavy (non-hydrogen) atoms. The Morgan fingerprint density at radius 2 is 1.17 bits per heavy atom. The van der Waals surface area contributed by atoms with Gasteiger partial charge in [0.05, 0.1) is 6.85 Å². The lowest BCUT2D eigenvalue weighted by atomic mass is 9.82. The number of benzene rings is 6. The minimum Gasteiger partial charge on any atom is -0.455 e. The summed E-state index contributed by atoms with van der Waals surface area (Å²) < 4.78 is 48.0. The van der Waals surface area contributed by atoms with Crippen molar-refractivity contribution in [2.45, 2.75) is 19.3 Å². The molecule has 9 rings (SSSR count). The zero-order valence-corrected chi connectivity index (χ0v) is 25.1. The molecule has 1 aliphatic rings. The lowest BCUT2D eigenvalue weighted by Gasteiger charge is -2.21. The van der Waals surface area contributed by atoms with Crippen LogP contribution in [0.15, 0.2) is 144 Å². The van der Waals surface area contributed by atoms with Crippen molar-refractivity contribution >= 4 is 21.9 Å². The van der Waals surface area contributed by atoms with Gasteiger partial charge in [-0.25, -0.2) is 15.0 Å². The Hall–Kier alpha value is -5.87. The Bertz CT molecular complexity index is 2710. The normalized spacial score (nSPS) is 14.7. The van der Waals surface area contributed by atoms with Gasteiger partial charge < -0.3 is 4.42 Å². The van der Waals surface area contributed by atoms with Crippen LogP contribution in [-0.4, -0.2) is 15.0 Å². The number of rotatable bonds is 4. The molecule has 4 nitrogen and oxygen atoms in total. The molecule has 2 aromatic heterocycles. The van der Waals surface area contributed by atoms with Crippen molar-refractivity contribution in [1.82, 2.24) is 15.0 Å². The van der Waals surface area contributed by atoms with E-state index in [1.165, 1.54) is 22.3 Å². The van der Waals surface area contributed by atoms with Crippen LogP contribution in [-0.2, 0) is 5.41 Å². The molecule has 4 heteroatoms. The predicted molar refractivity (Wildman–Crippen MR) is 186 cm³/mol. The summed E-state index contributed by atoms with van der Waals surface area (Å²) in [6.45, 7) is 4.50. The highest BCUT2D eigenvalue weighted by atomic mass is 16.3. The molecule has 0 amide bonds. The van der Waals surface area contributed by atoms with Crippen molar-refractivity contribution in [1.29, 1.82) is 0 Å². The van der Waals surface area contributed by atoms with Crippen LogP contribution >= 0.6 is 0 Å². The van der Waals surface area contributed by atoms with E-state index in [-0.39, 0.29) is 23.1 Å². The van der Waals surface area contributed by atoms with Gasteiger partial charge in [0.1, 0.15) is 11.2 Å². The Kier molecular flexibility index (Phi) is 4.77. The van der Waals surface area contributed by atoms with Crippen molar-refractivity contribution in [2.75, 3.05) is 0 Å². The lowest BCUT2D eigenvalue weighted by Crippen LogP contribution is -2.15. The fourth-order valence-corrected chi connectivity index (χ4v) is 6.71. The summed E-state index contributed by atoms with van der Waals surface area (Å²) in [5, 5.41) is 1.59. The van der Waals surface area contributed by atoms with Crippen LogP contribution in [0.2, 0.25) is 0 Å². The van der Waals surface area contributed by atoms with Crippen LogP contribution in [0.3, 0.4) is 0 Å². The highest BCUT2D eigenvalue weighted by molar-refractivity contribution is 6.10. The molecule has 2 heterocycles. The summed E-state index contributed by atoms with van der Waals surface area (Å²) in [4.78, 5) is 14.9. The number of nitrogens with zero attached hydrogens (tertiary/aromatic N) is 3. The van der Waals surface area contributed by atoms with E-state index in [0.29, 0.717) is 34.2 Å². The molecular weight excluding hydrogens is 562 g/mol. The second-order valence-corrected chi connectivity index (χ2v) is 12.1. The van der Waals surface area contributed by atoms with Gasteiger partial charge >= 0.3 is 0 Å². The van der Waals surface area contributed by atoms with Crippen LogP contribution in [0.5, 0.6) is 0 Å². The topological polar surface area (TPSA) is 51.8 Å². The molecule has 0 aliphatic heterocycles. The SMILES string of the molecule is [2H]c1c([2H])c([2H])c(-c2cccc3c2oc2cc(-c4nc(-c5ccccc5)nc(-c5ccc6c(c5)C(C)(C)c5ccccc5-6)n4)ccc23)c([2H])c1[2H]. The zero-order valence-electron chi connectivity index (χ0n) is 30.1. The summed E-state index contributed by atoms with van der Waals surface area (Å²) in [6.07, 6.45) is 0. The standard InChI is InChI=1S/C42H29N3O/c1-42(2)35-19-10-9-16-31(35)32-22-20-28(24-36(32)42)40-43-39(27-14-7-4-8-15-27)44-41(45-40)29-21-23-33-34-18-11-17-30(26-12-5-3-6-13-26)38(34)46-37(33)25-29/h3-25H,1-2H3/i3D,5D,6D,12D,13D. The van der Waals surface area contributed by atoms with Gasteiger partial charge in [0.25, 0.3) is 0 Å². The number of fused-ring (bicyclic) bond motifs is 6. The second-order valence-electron chi connectivity index (χ2n) is 12.1. The van der Waals surface area contributed by atoms with Gasteiger partial charge in [-0.1, -0.05) is 135 Å². The number of hydrogen-bond acceptors (Lipinski definition) is 4. The minimum atomic E-state index is -0.435. The van der Waals surface area contributed by atoms with Crippen LogP contribution < -0.4 is 0 Å². The average Bonchev–Trinajstić information content (AvgIpc) is 3.65. The van der Waals surface area contributed by atoms with E-state index in [1.807, 2.05) is 60.7 Å². The van der Waals surface area contributed by atoms with Crippen LogP contribution in [0.4, 0.5) is 0 Å². The molecule has 0 bridgehead atoms. The smallest absolute Gasteiger partial charge is 0.164 e. The third-order valence-electron chi connectivity index (χ3n) is 9.04. The molecular formula is C42H29N3O. The van der Waals surface area contributed by atoms with Gasteiger partial charge in [-0.05, 0) is 46.0 Å². The largest absolute Gasteiger partial charge is 0.455 e. The van der Waals surface area contributed by atoms with E-state index in [2.05, 4.69) is 56.3 Å². The van der Waals surface area contributed by atoms with Crippen molar-refractivity contribution < 1.29 is 11.3 Å². The van der Waals surface area contributed by atoms with Crippen molar-refractivity contribution in [2.24, 2.45) is 0 Å². The highest BCUT2D eigenvalue weighted by Crippen LogP contribution is 2.49. The quantitative estimate of drug-likeness (QED) is 0.203. The van der Waals surface area contributed by atoms with Crippen LogP contribution in [0, 0.1) is 0 Å². The highest BCUT2D eigenvalue weighted by Gasteiger charge is 2.35. The first-order valence-corrected chi connectivity index (χ1v) is 15.2. The van der Waals surface area contributed by atoms with E-state index in [4.69, 9.17) is 26.2 Å². The summed E-state index contributed by atoms with van der Waals surface area (Å²) >= 11 is 0. The fourth-order valence-electron chi connectivity index (χ4n) is 6.71. The Morgan fingerprint density at radius 3 is 1.98 bits per heavy atom. The molecule has 6 aromatic carbocycles. The third kappa shape index (κ3) is 4.11. The van der Waals surface area contributed by atoms with E-state index < -0.39 is 18.1 Å². The average molecular weight is 597 g/mol. The number of furan rings is 1. The Balaban J connectivity index is 1.21. The first-order valence-electron chi connectivity index (χ1n) is 17.7. The van der Waals surface area contributed by atoms with E-state index in [0.717, 1.165) is 27.5 Å². The molecule has 0 radical (unpaired) electrons. The maximum absolute atomic E-state index is 8.57. The second kappa shape index (κ2) is 10.1. The molecule has 0 N–H and O–H groups in total. The summed E-state index contributed by atoms with van der Waals surface area (Å²) in [5.74, 6) is 1.59. The minimum absolute atomic E-state index is 0.0983. The summed E-state index contributed by atoms with van der Waals surface area (Å²) in [5.41, 5.74) is 8.81. The number of aromatic nitrogens is 3. The van der Waals surface area contributed by atoms with Gasteiger partial charge in [0.2, 0.25) is 0 Å². The maximum atomic E-state index is 8.57. The fraction of sp³-hybridized carbons (Fsp3) is 0.0714. The molecule has 8 aromatic rings. The molecule has 0 atom stereocenters. The van der Waals surface area contributed by atoms with Crippen LogP contribution in [0.1, 0.15) is 31.8 Å². The third-order valence-corrected chi connectivity index (χ3v) is 9.04. The molecule has 0 spiro atoms. The molecule has 0 saturated carbocycles. The van der Waals surface area contributed by atoms with E-state index in [9.17, 15) is 0 Å². The van der Waals surface area contributed by atoms with Gasteiger partial charge in [0, 0.05) is 38.4 Å². The van der Waals surface area contributed by atoms with Gasteiger partial charge in [0.15, 0.2) is 17.5 Å². The lowest BCUT2D eigenvalue weighted by molar-refractivity contribution is 0.660. The number of hydrogen-bond donors (Lipinski definition) is 0. The molecule has 1 aliphatic carbocycles. The van der Waals surface area contributed by atoms with Crippen molar-refractivity contribution in [3.05, 3.63) is 151 Å². The van der Waals surface area contributed by atoms with E-state index >= 15 is 0 Å². The van der Waals surface area contributed by atoms with Gasteiger partial charge in [-0.15, -0.1) is 0 Å². The number of para-hydroxylation sites is 1. The van der Waals surface area contributed by atoms with Crippen molar-refractivity contribution in [3.63, 3.8) is 0 Å². The maximum Gasteiger partial charge on any atom is 0.164 e. The first-order chi connectivity index (χ1) is 24.6. The van der Waals surface area contributed by atoms with E-state index in [1.54, 1.807) is 6.07 Å². The van der Waals surface area contributed by atoms with Crippen molar-refractivity contribution in [3.8, 4) is 56.4 Å². The predicted octanol–water partition coefficient (Wildman–Crippen LogP) is 10.7. The first kappa shape index (κ1) is 21.8. The monoisotopic (exact) mass is 596 g/mol. The molecule has 0 fully saturated rings.